The summed E-state index contributed by atoms with van der Waals surface area (Å²) in [6.07, 6.45) is 1.78. The minimum absolute atomic E-state index is 0.591. The second-order valence-electron chi connectivity index (χ2n) is 6.08. The van der Waals surface area contributed by atoms with Crippen molar-refractivity contribution < 1.29 is 14.2 Å². The molecule has 0 aliphatic carbocycles. The number of benzene rings is 1. The van der Waals surface area contributed by atoms with Crippen LogP contribution in [-0.4, -0.2) is 24.2 Å². The van der Waals surface area contributed by atoms with Gasteiger partial charge >= 0.3 is 0 Å². The van der Waals surface area contributed by atoms with Gasteiger partial charge in [-0.15, -0.1) is 11.3 Å². The van der Waals surface area contributed by atoms with Crippen molar-refractivity contribution in [2.75, 3.05) is 19.5 Å². The molecule has 8 heteroatoms. The topological polar surface area (TPSA) is 65.5 Å². The quantitative estimate of drug-likeness (QED) is 0.384. The maximum Gasteiger partial charge on any atom is 0.188 e. The van der Waals surface area contributed by atoms with Gasteiger partial charge in [0.05, 0.1) is 19.9 Å². The van der Waals surface area contributed by atoms with E-state index in [1.165, 1.54) is 22.7 Å². The lowest BCUT2D eigenvalue weighted by Gasteiger charge is -2.13. The molecule has 0 saturated carbocycles. The zero-order valence-corrected chi connectivity index (χ0v) is 17.8. The van der Waals surface area contributed by atoms with Gasteiger partial charge < -0.3 is 19.5 Å². The molecule has 3 heterocycles. The van der Waals surface area contributed by atoms with Crippen molar-refractivity contribution in [3.05, 3.63) is 59.7 Å². The molecule has 3 aromatic heterocycles. The standard InChI is InChI=1S/C21H19N3O3S2/c1-13-12-28-21(23-13)24-19-17(27-15-7-5-4-6-8-15)9-14(11-22-19)16-10-18(25-2)29-20(16)26-3/h4-12H,1-3H3,(H,22,23,24). The van der Waals surface area contributed by atoms with E-state index in [1.807, 2.05) is 54.8 Å². The van der Waals surface area contributed by atoms with E-state index in [0.717, 1.165) is 37.8 Å². The number of pyridine rings is 1. The van der Waals surface area contributed by atoms with Gasteiger partial charge in [-0.05, 0) is 25.1 Å². The van der Waals surface area contributed by atoms with Crippen LogP contribution in [0.2, 0.25) is 0 Å². The molecule has 148 valence electrons. The number of hydrogen-bond acceptors (Lipinski definition) is 8. The van der Waals surface area contributed by atoms with E-state index in [0.29, 0.717) is 11.6 Å². The number of nitrogens with one attached hydrogen (secondary N) is 1. The first-order chi connectivity index (χ1) is 14.2. The van der Waals surface area contributed by atoms with E-state index in [9.17, 15) is 0 Å². The lowest BCUT2D eigenvalue weighted by molar-refractivity contribution is 0.424. The van der Waals surface area contributed by atoms with Gasteiger partial charge in [0.1, 0.15) is 5.75 Å². The van der Waals surface area contributed by atoms with Crippen LogP contribution in [0.3, 0.4) is 0 Å². The first kappa shape index (κ1) is 19.2. The predicted octanol–water partition coefficient (Wildman–Crippen LogP) is 6.13. The predicted molar refractivity (Wildman–Crippen MR) is 117 cm³/mol. The molecule has 1 aromatic carbocycles. The van der Waals surface area contributed by atoms with Crippen molar-refractivity contribution in [2.24, 2.45) is 0 Å². The van der Waals surface area contributed by atoms with E-state index in [1.54, 1.807) is 20.4 Å². The number of para-hydroxylation sites is 1. The molecule has 29 heavy (non-hydrogen) atoms. The number of rotatable bonds is 7. The van der Waals surface area contributed by atoms with Gasteiger partial charge in [-0.3, -0.25) is 0 Å². The maximum atomic E-state index is 6.14. The van der Waals surface area contributed by atoms with Crippen LogP contribution < -0.4 is 19.5 Å². The fourth-order valence-electron chi connectivity index (χ4n) is 2.70. The fraction of sp³-hybridized carbons (Fsp3) is 0.143. The van der Waals surface area contributed by atoms with Gasteiger partial charge in [-0.2, -0.15) is 0 Å². The highest BCUT2D eigenvalue weighted by Gasteiger charge is 2.17. The summed E-state index contributed by atoms with van der Waals surface area (Å²) in [5, 5.41) is 7.52. The summed E-state index contributed by atoms with van der Waals surface area (Å²) >= 11 is 2.96. The summed E-state index contributed by atoms with van der Waals surface area (Å²) in [5.41, 5.74) is 2.72. The second-order valence-corrected chi connectivity index (χ2v) is 7.92. The van der Waals surface area contributed by atoms with Crippen molar-refractivity contribution in [2.45, 2.75) is 6.92 Å². The molecule has 0 saturated heterocycles. The van der Waals surface area contributed by atoms with Crippen LogP contribution in [0.25, 0.3) is 11.1 Å². The van der Waals surface area contributed by atoms with Gasteiger partial charge in [-0.1, -0.05) is 29.5 Å². The maximum absolute atomic E-state index is 6.14. The first-order valence-electron chi connectivity index (χ1n) is 8.80. The van der Waals surface area contributed by atoms with Gasteiger partial charge in [0, 0.05) is 28.8 Å². The van der Waals surface area contributed by atoms with Crippen molar-refractivity contribution >= 4 is 33.6 Å². The van der Waals surface area contributed by atoms with Crippen LogP contribution in [0, 0.1) is 6.92 Å². The number of methoxy groups -OCH3 is 2. The highest BCUT2D eigenvalue weighted by atomic mass is 32.1. The molecular formula is C21H19N3O3S2. The Balaban J connectivity index is 1.75. The summed E-state index contributed by atoms with van der Waals surface area (Å²) < 4.78 is 17.0. The number of thiazole rings is 1. The van der Waals surface area contributed by atoms with Crippen LogP contribution in [0.1, 0.15) is 5.69 Å². The van der Waals surface area contributed by atoms with Crippen LogP contribution in [0.15, 0.2) is 54.0 Å². The van der Waals surface area contributed by atoms with Crippen molar-refractivity contribution in [3.8, 4) is 32.8 Å². The number of aryl methyl sites for hydroxylation is 1. The molecular weight excluding hydrogens is 406 g/mol. The first-order valence-corrected chi connectivity index (χ1v) is 10.5. The number of aromatic nitrogens is 2. The molecule has 4 aromatic rings. The molecule has 0 spiro atoms. The van der Waals surface area contributed by atoms with Crippen molar-refractivity contribution in [3.63, 3.8) is 0 Å². The third-order valence-corrected chi connectivity index (χ3v) is 5.97. The summed E-state index contributed by atoms with van der Waals surface area (Å²) in [4.78, 5) is 9.06. The van der Waals surface area contributed by atoms with Crippen LogP contribution in [0.4, 0.5) is 10.9 Å². The SMILES string of the molecule is COc1cc(-c2cnc(Nc3nc(C)cs3)c(Oc3ccccc3)c2)c(OC)s1. The fourth-order valence-corrected chi connectivity index (χ4v) is 4.20. The Labute approximate surface area is 176 Å². The molecule has 0 atom stereocenters. The van der Waals surface area contributed by atoms with E-state index in [4.69, 9.17) is 14.2 Å². The number of nitrogens with zero attached hydrogens (tertiary/aromatic N) is 2. The van der Waals surface area contributed by atoms with E-state index in [-0.39, 0.29) is 0 Å². The van der Waals surface area contributed by atoms with E-state index >= 15 is 0 Å². The van der Waals surface area contributed by atoms with Crippen molar-refractivity contribution in [1.29, 1.82) is 0 Å². The van der Waals surface area contributed by atoms with Gasteiger partial charge in [0.15, 0.2) is 26.8 Å². The minimum Gasteiger partial charge on any atom is -0.487 e. The zero-order valence-electron chi connectivity index (χ0n) is 16.1. The highest BCUT2D eigenvalue weighted by molar-refractivity contribution is 7.16. The number of ether oxygens (including phenoxy) is 3. The molecule has 0 unspecified atom stereocenters. The third-order valence-electron chi connectivity index (χ3n) is 4.04. The van der Waals surface area contributed by atoms with Crippen LogP contribution in [0.5, 0.6) is 21.6 Å². The largest absolute Gasteiger partial charge is 0.487 e. The normalized spacial score (nSPS) is 10.6. The van der Waals surface area contributed by atoms with E-state index < -0.39 is 0 Å². The Bertz CT molecular complexity index is 1110. The lowest BCUT2D eigenvalue weighted by atomic mass is 10.1. The minimum atomic E-state index is 0.591. The van der Waals surface area contributed by atoms with Crippen LogP contribution >= 0.6 is 22.7 Å². The average molecular weight is 426 g/mol. The van der Waals surface area contributed by atoms with Gasteiger partial charge in [0.25, 0.3) is 0 Å². The molecule has 0 bridgehead atoms. The number of hydrogen-bond donors (Lipinski definition) is 1. The summed E-state index contributed by atoms with van der Waals surface area (Å²) in [7, 11) is 3.28. The van der Waals surface area contributed by atoms with E-state index in [2.05, 4.69) is 15.3 Å². The Hall–Kier alpha value is -3.10. The Morgan fingerprint density at radius 1 is 1.03 bits per heavy atom. The monoisotopic (exact) mass is 425 g/mol. The van der Waals surface area contributed by atoms with Gasteiger partial charge in [0.2, 0.25) is 0 Å². The molecule has 0 aliphatic heterocycles. The van der Waals surface area contributed by atoms with Gasteiger partial charge in [-0.25, -0.2) is 9.97 Å². The smallest absolute Gasteiger partial charge is 0.188 e. The summed E-state index contributed by atoms with van der Waals surface area (Å²) in [5.74, 6) is 1.90. The molecule has 0 aliphatic rings. The number of anilines is 2. The summed E-state index contributed by atoms with van der Waals surface area (Å²) in [6.45, 7) is 1.95. The molecule has 0 fully saturated rings. The molecule has 1 N–H and O–H groups in total. The molecule has 0 amide bonds. The second kappa shape index (κ2) is 8.50. The van der Waals surface area contributed by atoms with Crippen LogP contribution in [-0.2, 0) is 0 Å². The molecule has 6 nitrogen and oxygen atoms in total. The van der Waals surface area contributed by atoms with Crippen molar-refractivity contribution in [1.82, 2.24) is 9.97 Å². The molecule has 4 rings (SSSR count). The lowest BCUT2D eigenvalue weighted by Crippen LogP contribution is -1.98. The Morgan fingerprint density at radius 3 is 2.55 bits per heavy atom. The third kappa shape index (κ3) is 4.33. The Morgan fingerprint density at radius 2 is 1.86 bits per heavy atom. The average Bonchev–Trinajstić information content (AvgIpc) is 3.35. The number of thiophene rings is 1. The summed E-state index contributed by atoms with van der Waals surface area (Å²) in [6, 6.07) is 13.5. The Kier molecular flexibility index (Phi) is 5.64. The highest BCUT2D eigenvalue weighted by Crippen LogP contribution is 2.44. The zero-order chi connectivity index (χ0) is 20.2. The molecule has 0 radical (unpaired) electrons.